The molecule has 0 radical (unpaired) electrons. The van der Waals surface area contributed by atoms with Crippen molar-refractivity contribution >= 4 is 103 Å². The predicted molar refractivity (Wildman–Crippen MR) is 390 cm³/mol. The van der Waals surface area contributed by atoms with Crippen molar-refractivity contribution in [3.63, 3.8) is 0 Å². The fraction of sp³-hybridized carbons (Fsp3) is 0.480. The first-order chi connectivity index (χ1) is 49.4. The van der Waals surface area contributed by atoms with Crippen molar-refractivity contribution in [2.45, 2.75) is 169 Å². The third-order valence-electron chi connectivity index (χ3n) is 19.9. The van der Waals surface area contributed by atoms with Crippen molar-refractivity contribution in [1.82, 2.24) is 31.2 Å². The molecule has 6 aliphatic rings. The summed E-state index contributed by atoms with van der Waals surface area (Å²) in [5, 5.41) is 62.7. The number of phenolic OH excluding ortho intramolecular Hbond substituents is 1. The molecular weight excluding hydrogens is 1360 g/mol. The minimum atomic E-state index is -2.05. The van der Waals surface area contributed by atoms with Gasteiger partial charge in [0, 0.05) is 116 Å². The number of hydrogen-bond donors (Lipinski definition) is 11. The molecular formula is C75H94N10O18S. The number of allylic oxidation sites excluding steroid dienone is 2. The van der Waals surface area contributed by atoms with Crippen molar-refractivity contribution in [2.24, 2.45) is 35.3 Å². The van der Waals surface area contributed by atoms with Crippen LogP contribution < -0.4 is 52.7 Å². The Morgan fingerprint density at radius 1 is 0.846 bits per heavy atom. The molecule has 0 saturated carbocycles. The van der Waals surface area contributed by atoms with Crippen LogP contribution in [0.1, 0.15) is 128 Å². The highest BCUT2D eigenvalue weighted by Gasteiger charge is 2.50. The fourth-order valence-corrected chi connectivity index (χ4v) is 14.5. The van der Waals surface area contributed by atoms with Crippen LogP contribution in [0.3, 0.4) is 0 Å². The molecule has 0 spiro atoms. The highest BCUT2D eigenvalue weighted by molar-refractivity contribution is 7.22. The largest absolute Gasteiger partial charge is 0.507 e. The summed E-state index contributed by atoms with van der Waals surface area (Å²) in [7, 11) is 1.44. The maximum Gasteiger partial charge on any atom is 0.407 e. The SMILES string of the molecule is CO[C@H]1/C=C/O[C@@]2(C)Oc3c(C)c(O)c4c(=O)c(c5sc6cc(N7CCC(NC(=O)OCc8ccc(NC(=O)[C@H](CCCNC(N)=O)NC(=O)C(NC(=O)CCCCCN9C(=O)C=CC9=O)C(C)C)cc8)CC7)ccc6nc-5c4c3C2=O)NC(=O)/C(C)=C\C=C\[C@H](C)[C@H](O)[C@@H](C)[C@@H](O)[C@@H](C)[C@H](O)[C@@H]1C. The monoisotopic (exact) mass is 1450 g/mol. The number of ether oxygens (including phenoxy) is 4. The van der Waals surface area contributed by atoms with Crippen molar-refractivity contribution in [1.29, 1.82) is 0 Å². The number of nitrogens with zero attached hydrogens (tertiary/aromatic N) is 3. The van der Waals surface area contributed by atoms with Crippen molar-refractivity contribution < 1.29 is 82.5 Å². The van der Waals surface area contributed by atoms with Gasteiger partial charge in [-0.15, -0.1) is 11.3 Å². The lowest BCUT2D eigenvalue weighted by Gasteiger charge is -2.36. The van der Waals surface area contributed by atoms with Crippen LogP contribution in [0.2, 0.25) is 0 Å². The number of aliphatic hydroxyl groups excluding tert-OH is 3. The van der Waals surface area contributed by atoms with E-state index in [9.17, 15) is 63.6 Å². The highest BCUT2D eigenvalue weighted by atomic mass is 32.1. The van der Waals surface area contributed by atoms with Gasteiger partial charge in [-0.1, -0.05) is 78.3 Å². The van der Waals surface area contributed by atoms with E-state index in [2.05, 4.69) is 36.8 Å². The second kappa shape index (κ2) is 34.2. The van der Waals surface area contributed by atoms with Gasteiger partial charge in [-0.3, -0.25) is 43.3 Å². The number of aromatic hydroxyl groups is 1. The molecule has 5 heterocycles. The summed E-state index contributed by atoms with van der Waals surface area (Å²) in [6.07, 6.45) is 8.16. The zero-order valence-electron chi connectivity index (χ0n) is 60.0. The Bertz CT molecular complexity index is 4220. The molecule has 104 heavy (non-hydrogen) atoms. The van der Waals surface area contributed by atoms with Gasteiger partial charge in [0.05, 0.1) is 62.4 Å². The summed E-state index contributed by atoms with van der Waals surface area (Å²) in [6.45, 7) is 16.0. The number of imide groups is 1. The smallest absolute Gasteiger partial charge is 0.407 e. The number of piperidine rings is 1. The van der Waals surface area contributed by atoms with Crippen LogP contribution in [0, 0.1) is 36.5 Å². The summed E-state index contributed by atoms with van der Waals surface area (Å²) in [6, 6.07) is 9.04. The van der Waals surface area contributed by atoms with Gasteiger partial charge in [0.2, 0.25) is 23.2 Å². The van der Waals surface area contributed by atoms with Crippen LogP contribution in [0.15, 0.2) is 95.6 Å². The number of aromatic nitrogens is 1. The number of urea groups is 1. The first-order valence-corrected chi connectivity index (χ1v) is 35.9. The number of benzene rings is 4. The molecule has 11 atom stereocenters. The Kier molecular flexibility index (Phi) is 25.8. The zero-order valence-corrected chi connectivity index (χ0v) is 60.9. The summed E-state index contributed by atoms with van der Waals surface area (Å²) < 4.78 is 24.4. The maximum absolute atomic E-state index is 15.1. The van der Waals surface area contributed by atoms with Gasteiger partial charge in [-0.05, 0) is 100 Å². The van der Waals surface area contributed by atoms with Crippen LogP contribution in [0.5, 0.6) is 11.5 Å². The summed E-state index contributed by atoms with van der Waals surface area (Å²) >= 11 is 1.14. The van der Waals surface area contributed by atoms with E-state index >= 15 is 4.79 Å². The molecule has 9 amide bonds. The van der Waals surface area contributed by atoms with Crippen LogP contribution in [0.25, 0.3) is 31.6 Å². The van der Waals surface area contributed by atoms with Gasteiger partial charge in [-0.25, -0.2) is 14.6 Å². The number of ketones is 1. The molecule has 5 aliphatic heterocycles. The van der Waals surface area contributed by atoms with Crippen LogP contribution in [-0.4, -0.2) is 165 Å². The number of primary amides is 1. The number of methoxy groups -OCH3 is 1. The number of unbranched alkanes of at least 4 members (excludes halogenated alkanes) is 2. The minimum Gasteiger partial charge on any atom is -0.507 e. The summed E-state index contributed by atoms with van der Waals surface area (Å²) in [4.78, 5) is 142. The molecule has 4 bridgehead atoms. The summed E-state index contributed by atoms with van der Waals surface area (Å²) in [5.74, 6) is -9.24. The number of phenols is 1. The number of aliphatic hydroxyl groups is 3. The average molecular weight is 1460 g/mol. The van der Waals surface area contributed by atoms with Crippen molar-refractivity contribution in [2.75, 3.05) is 48.8 Å². The van der Waals surface area contributed by atoms with Crippen molar-refractivity contribution in [3.8, 4) is 22.1 Å². The van der Waals surface area contributed by atoms with E-state index in [0.717, 1.165) is 21.9 Å². The molecule has 9 rings (SSSR count). The van der Waals surface area contributed by atoms with Gasteiger partial charge in [0.15, 0.2) is 0 Å². The molecule has 558 valence electrons. The van der Waals surface area contributed by atoms with E-state index in [1.807, 2.05) is 12.1 Å². The molecule has 12 N–H and O–H groups in total. The maximum atomic E-state index is 15.1. The number of nitrogens with two attached hydrogens (primary N) is 1. The van der Waals surface area contributed by atoms with Gasteiger partial charge in [-0.2, -0.15) is 0 Å². The third kappa shape index (κ3) is 18.0. The van der Waals surface area contributed by atoms with E-state index in [4.69, 9.17) is 29.7 Å². The lowest BCUT2D eigenvalue weighted by Crippen LogP contribution is -2.54. The molecule has 3 aromatic carbocycles. The molecule has 1 saturated heterocycles. The zero-order chi connectivity index (χ0) is 75.6. The number of amides is 9. The first kappa shape index (κ1) is 78.3. The number of fused-ring (bicyclic) bond motifs is 2. The molecule has 1 fully saturated rings. The second-order valence-electron chi connectivity index (χ2n) is 27.7. The standard InChI is InChI=1S/C75H94N10O18S/c1-38(2)59(82-53(86)19-12-11-13-32-85-54(87)26-27-55(85)88)72(97)81-50(18-15-31-77-73(76)98)71(96)78-46-22-20-45(21-23-46)37-101-74(99)79-47-28-33-84(34-29-47)48-24-25-49-52(36-48)104-68-60(80-49)56-57-65(92)44(8)67-58(56)69(94)75(9,103-67)102-35-30-51(100-10)41(5)63(90)43(7)64(91)42(6)62(89)39(3)16-14-17-40(4)70(95)83-61(68)66(57)93/h14,16-17,20-27,30,35-36,38-39,41-43,47,50-51,59,62-64,89-92H,11-13,15,18-19,28-29,31-34,37H2,1-10H3,(H,78,96)(H,79,99)(H,81,97)(H,82,86)(H,83,95)(H3,76,77,98)/b16-14+,35-30+,40-17-/t39-,41+,42+,43-,50-,51-,59?,62-,63+,64+,75-/m0/s1. The number of anilines is 3. The Morgan fingerprint density at radius 2 is 1.53 bits per heavy atom. The minimum absolute atomic E-state index is 0.0140. The number of Topliss-reactive ketones (excluding diaryl/α,β-unsaturated/α-hetero) is 1. The fourth-order valence-electron chi connectivity index (χ4n) is 13.4. The van der Waals surface area contributed by atoms with E-state index in [1.54, 1.807) is 91.0 Å². The Labute approximate surface area is 606 Å². The normalized spacial score (nSPS) is 24.3. The number of alkyl carbamates (subject to hydrolysis) is 1. The number of carbonyl (C=O) groups excluding carboxylic acids is 9. The van der Waals surface area contributed by atoms with Crippen molar-refractivity contribution in [3.05, 3.63) is 118 Å². The number of nitrogens with one attached hydrogen (secondary N) is 6. The van der Waals surface area contributed by atoms with Gasteiger partial charge in [0.1, 0.15) is 35.9 Å². The van der Waals surface area contributed by atoms with E-state index in [-0.39, 0.29) is 118 Å². The third-order valence-corrected chi connectivity index (χ3v) is 21.0. The molecule has 1 aliphatic carbocycles. The Morgan fingerprint density at radius 3 is 2.20 bits per heavy atom. The van der Waals surface area contributed by atoms with E-state index < -0.39 is 113 Å². The topological polar surface area (TPSA) is 406 Å². The highest BCUT2D eigenvalue weighted by Crippen LogP contribution is 2.52. The predicted octanol–water partition coefficient (Wildman–Crippen LogP) is 7.24. The Hall–Kier alpha value is -9.81. The van der Waals surface area contributed by atoms with Crippen LogP contribution >= 0.6 is 11.3 Å². The molecule has 0 aromatic heterocycles. The van der Waals surface area contributed by atoms with Crippen LogP contribution in [0.4, 0.5) is 26.7 Å². The molecule has 29 heteroatoms. The van der Waals surface area contributed by atoms with Gasteiger partial charge < -0.3 is 81.9 Å². The average Bonchev–Trinajstić information content (AvgIpc) is 1.47. The van der Waals surface area contributed by atoms with Gasteiger partial charge >= 0.3 is 17.9 Å². The lowest BCUT2D eigenvalue weighted by molar-refractivity contribution is -0.137. The molecule has 1 unspecified atom stereocenters. The lowest BCUT2D eigenvalue weighted by atomic mass is 9.78. The van der Waals surface area contributed by atoms with E-state index in [0.29, 0.717) is 66.7 Å². The van der Waals surface area contributed by atoms with E-state index in [1.165, 1.54) is 51.5 Å². The van der Waals surface area contributed by atoms with Crippen LogP contribution in [-0.2, 0) is 49.6 Å². The Balaban J connectivity index is 0.861. The number of rotatable bonds is 21. The summed E-state index contributed by atoms with van der Waals surface area (Å²) in [5.41, 5.74) is 6.75. The molecule has 3 aromatic rings. The quantitative estimate of drug-likeness (QED) is 0.0149. The number of hydrogen-bond acceptors (Lipinski definition) is 21. The van der Waals surface area contributed by atoms with Gasteiger partial charge in [0.25, 0.3) is 23.5 Å². The molecule has 28 nitrogen and oxygen atoms in total. The number of carbonyl (C=O) groups is 9. The second-order valence-corrected chi connectivity index (χ2v) is 28.8. The first-order valence-electron chi connectivity index (χ1n) is 35.1.